The van der Waals surface area contributed by atoms with Gasteiger partial charge >= 0.3 is 0 Å². The van der Waals surface area contributed by atoms with E-state index in [1.165, 1.54) is 0 Å². The van der Waals surface area contributed by atoms with Crippen LogP contribution >= 0.6 is 35.4 Å². The molecule has 1 aromatic carbocycles. The number of nitrogens with zero attached hydrogens (tertiary/aromatic N) is 1. The van der Waals surface area contributed by atoms with E-state index in [0.29, 0.717) is 15.2 Å². The lowest BCUT2D eigenvalue weighted by atomic mass is 10.3. The van der Waals surface area contributed by atoms with E-state index in [1.54, 1.807) is 18.2 Å². The van der Waals surface area contributed by atoms with Crippen LogP contribution in [0.15, 0.2) is 18.2 Å². The summed E-state index contributed by atoms with van der Waals surface area (Å²) in [5.74, 6) is 0. The molecule has 0 aliphatic rings. The molecule has 0 aliphatic carbocycles. The Morgan fingerprint density at radius 1 is 1.33 bits per heavy atom. The van der Waals surface area contributed by atoms with Crippen LogP contribution in [0.3, 0.4) is 0 Å². The van der Waals surface area contributed by atoms with Crippen LogP contribution in [-0.4, -0.2) is 37.2 Å². The van der Waals surface area contributed by atoms with Gasteiger partial charge in [-0.3, -0.25) is 10.9 Å². The van der Waals surface area contributed by atoms with Crippen molar-refractivity contribution in [2.45, 2.75) is 0 Å². The number of hydrogen-bond donors (Lipinski definition) is 3. The molecule has 0 amide bonds. The van der Waals surface area contributed by atoms with Gasteiger partial charge in [-0.1, -0.05) is 23.2 Å². The molecule has 0 saturated carbocycles. The number of benzene rings is 1. The summed E-state index contributed by atoms with van der Waals surface area (Å²) in [6.45, 7) is 1.68. The Morgan fingerprint density at radius 2 is 2.06 bits per heavy atom. The molecule has 0 bridgehead atoms. The number of anilines is 1. The van der Waals surface area contributed by atoms with Gasteiger partial charge in [-0.15, -0.1) is 0 Å². The molecule has 0 aliphatic heterocycles. The highest BCUT2D eigenvalue weighted by molar-refractivity contribution is 7.80. The van der Waals surface area contributed by atoms with E-state index < -0.39 is 0 Å². The molecule has 3 N–H and O–H groups in total. The van der Waals surface area contributed by atoms with Crippen molar-refractivity contribution in [1.82, 2.24) is 15.6 Å². The fourth-order valence-electron chi connectivity index (χ4n) is 1.15. The first kappa shape index (κ1) is 15.3. The largest absolute Gasteiger partial charge is 0.360 e. The molecule has 1 aromatic rings. The van der Waals surface area contributed by atoms with Crippen molar-refractivity contribution < 1.29 is 0 Å². The van der Waals surface area contributed by atoms with Crippen LogP contribution in [0.2, 0.25) is 10.0 Å². The molecule has 0 atom stereocenters. The molecular weight excluding hydrogens is 291 g/mol. The maximum absolute atomic E-state index is 6.00. The summed E-state index contributed by atoms with van der Waals surface area (Å²) < 4.78 is 0. The van der Waals surface area contributed by atoms with E-state index >= 15 is 0 Å². The van der Waals surface area contributed by atoms with Crippen molar-refractivity contribution in [3.8, 4) is 0 Å². The van der Waals surface area contributed by atoms with Gasteiger partial charge in [-0.25, -0.2) is 0 Å². The van der Waals surface area contributed by atoms with Crippen LogP contribution in [0, 0.1) is 0 Å². The lowest BCUT2D eigenvalue weighted by Crippen LogP contribution is -2.41. The monoisotopic (exact) mass is 306 g/mol. The second-order valence-electron chi connectivity index (χ2n) is 3.93. The predicted octanol–water partition coefficient (Wildman–Crippen LogP) is 2.35. The van der Waals surface area contributed by atoms with Crippen molar-refractivity contribution in [2.75, 3.05) is 32.6 Å². The molecule has 4 nitrogen and oxygen atoms in total. The van der Waals surface area contributed by atoms with Gasteiger partial charge in [-0.2, -0.15) is 0 Å². The first-order chi connectivity index (χ1) is 8.49. The van der Waals surface area contributed by atoms with Crippen LogP contribution in [0.4, 0.5) is 5.69 Å². The molecule has 100 valence electrons. The number of rotatable bonds is 5. The number of halogens is 2. The van der Waals surface area contributed by atoms with Gasteiger partial charge in [0.2, 0.25) is 0 Å². The summed E-state index contributed by atoms with van der Waals surface area (Å²) in [5.41, 5.74) is 6.50. The quantitative estimate of drug-likeness (QED) is 0.575. The number of nitrogens with one attached hydrogen (secondary N) is 3. The van der Waals surface area contributed by atoms with Gasteiger partial charge in [0.05, 0.1) is 10.7 Å². The summed E-state index contributed by atoms with van der Waals surface area (Å²) in [6, 6.07) is 5.19. The zero-order valence-corrected chi connectivity index (χ0v) is 12.6. The number of likely N-dealkylation sites (N-methyl/N-ethyl adjacent to an activating group) is 1. The van der Waals surface area contributed by atoms with Crippen LogP contribution in [-0.2, 0) is 0 Å². The van der Waals surface area contributed by atoms with Crippen LogP contribution in [0.1, 0.15) is 0 Å². The third-order valence-corrected chi connectivity index (χ3v) is 2.88. The highest BCUT2D eigenvalue weighted by atomic mass is 35.5. The Balaban J connectivity index is 2.33. The molecule has 0 spiro atoms. The van der Waals surface area contributed by atoms with E-state index in [0.717, 1.165) is 18.8 Å². The van der Waals surface area contributed by atoms with E-state index in [9.17, 15) is 0 Å². The standard InChI is InChI=1S/C11H16Cl2N4S/c1-17(2)6-5-14-11(18)16-15-10-4-3-8(12)7-9(10)13/h3-4,7,15H,5-6H2,1-2H3,(H2,14,16,18). The van der Waals surface area contributed by atoms with Gasteiger partial charge in [0.1, 0.15) is 0 Å². The SMILES string of the molecule is CN(C)CCNC(=S)NNc1ccc(Cl)cc1Cl. The van der Waals surface area contributed by atoms with Crippen LogP contribution in [0.5, 0.6) is 0 Å². The van der Waals surface area contributed by atoms with Gasteiger partial charge in [0.25, 0.3) is 0 Å². The van der Waals surface area contributed by atoms with Crippen LogP contribution < -0.4 is 16.2 Å². The zero-order chi connectivity index (χ0) is 13.5. The van der Waals surface area contributed by atoms with E-state index in [4.69, 9.17) is 35.4 Å². The normalized spacial score (nSPS) is 10.3. The van der Waals surface area contributed by atoms with Gasteiger partial charge < -0.3 is 10.2 Å². The van der Waals surface area contributed by atoms with Crippen molar-refractivity contribution in [1.29, 1.82) is 0 Å². The zero-order valence-electron chi connectivity index (χ0n) is 10.3. The first-order valence-corrected chi connectivity index (χ1v) is 6.55. The molecule has 1 rings (SSSR count). The Labute approximate surface area is 123 Å². The minimum Gasteiger partial charge on any atom is -0.360 e. The molecule has 0 unspecified atom stereocenters. The lowest BCUT2D eigenvalue weighted by Gasteiger charge is -2.15. The summed E-state index contributed by atoms with van der Waals surface area (Å²) >= 11 is 16.9. The average molecular weight is 307 g/mol. The number of hydrogen-bond acceptors (Lipinski definition) is 3. The summed E-state index contributed by atoms with van der Waals surface area (Å²) in [7, 11) is 4.01. The molecule has 7 heteroatoms. The molecule has 0 saturated heterocycles. The van der Waals surface area contributed by atoms with Crippen LogP contribution in [0.25, 0.3) is 0 Å². The predicted molar refractivity (Wildman–Crippen MR) is 82.4 cm³/mol. The third-order valence-electron chi connectivity index (χ3n) is 2.09. The highest BCUT2D eigenvalue weighted by Crippen LogP contribution is 2.24. The number of hydrazine groups is 1. The van der Waals surface area contributed by atoms with Crippen molar-refractivity contribution in [3.05, 3.63) is 28.2 Å². The molecular formula is C11H16Cl2N4S. The second kappa shape index (κ2) is 7.63. The smallest absolute Gasteiger partial charge is 0.185 e. The van der Waals surface area contributed by atoms with Crippen molar-refractivity contribution >= 4 is 46.2 Å². The maximum Gasteiger partial charge on any atom is 0.185 e. The molecule has 0 aromatic heterocycles. The van der Waals surface area contributed by atoms with E-state index in [-0.39, 0.29) is 0 Å². The maximum atomic E-state index is 6.00. The summed E-state index contributed by atoms with van der Waals surface area (Å²) in [4.78, 5) is 2.07. The van der Waals surface area contributed by atoms with Gasteiger partial charge in [0, 0.05) is 18.1 Å². The minimum absolute atomic E-state index is 0.517. The Hall–Kier alpha value is -0.750. The lowest BCUT2D eigenvalue weighted by molar-refractivity contribution is 0.412. The third kappa shape index (κ3) is 5.73. The molecule has 0 fully saturated rings. The van der Waals surface area contributed by atoms with E-state index in [1.807, 2.05) is 14.1 Å². The van der Waals surface area contributed by atoms with Crippen molar-refractivity contribution in [3.63, 3.8) is 0 Å². The topological polar surface area (TPSA) is 39.3 Å². The fourth-order valence-corrected chi connectivity index (χ4v) is 1.76. The highest BCUT2D eigenvalue weighted by Gasteiger charge is 2.01. The molecule has 0 heterocycles. The second-order valence-corrected chi connectivity index (χ2v) is 5.19. The molecule has 0 radical (unpaired) electrons. The minimum atomic E-state index is 0.517. The average Bonchev–Trinajstić information content (AvgIpc) is 2.27. The van der Waals surface area contributed by atoms with Gasteiger partial charge in [0.15, 0.2) is 5.11 Å². The van der Waals surface area contributed by atoms with E-state index in [2.05, 4.69) is 21.1 Å². The Kier molecular flexibility index (Phi) is 6.49. The van der Waals surface area contributed by atoms with Crippen molar-refractivity contribution in [2.24, 2.45) is 0 Å². The summed E-state index contributed by atoms with van der Waals surface area (Å²) in [6.07, 6.45) is 0. The fraction of sp³-hybridized carbons (Fsp3) is 0.364. The van der Waals surface area contributed by atoms with Gasteiger partial charge in [-0.05, 0) is 44.5 Å². The summed E-state index contributed by atoms with van der Waals surface area (Å²) in [5, 5.41) is 4.71. The number of thiocarbonyl (C=S) groups is 1. The Morgan fingerprint density at radius 3 is 2.67 bits per heavy atom. The Bertz CT molecular complexity index is 412. The first-order valence-electron chi connectivity index (χ1n) is 5.38. The molecule has 18 heavy (non-hydrogen) atoms.